The molecule has 2 aliphatic carbocycles. The van der Waals surface area contributed by atoms with E-state index in [-0.39, 0.29) is 24.9 Å². The van der Waals surface area contributed by atoms with Gasteiger partial charge in [0.25, 0.3) is 5.91 Å². The molecule has 0 aliphatic heterocycles. The van der Waals surface area contributed by atoms with Gasteiger partial charge in [0, 0.05) is 15.7 Å². The molecule has 0 saturated heterocycles. The van der Waals surface area contributed by atoms with E-state index in [0.717, 1.165) is 22.4 Å². The van der Waals surface area contributed by atoms with Crippen LogP contribution in [0, 0.1) is 5.13 Å². The molecule has 6 nitrogen and oxygen atoms in total. The average molecular weight is 426 g/mol. The fraction of sp³-hybridized carbons (Fsp3) is 0.421. The van der Waals surface area contributed by atoms with Crippen LogP contribution in [0.3, 0.4) is 0 Å². The highest BCUT2D eigenvalue weighted by Gasteiger charge is 2.24. The first-order valence-electron chi connectivity index (χ1n) is 8.58. The number of aromatic nitrogens is 1. The number of thiazole rings is 1. The van der Waals surface area contributed by atoms with Crippen LogP contribution in [0.5, 0.6) is 0 Å². The van der Waals surface area contributed by atoms with Crippen molar-refractivity contribution in [2.75, 3.05) is 11.9 Å². The van der Waals surface area contributed by atoms with Crippen molar-refractivity contribution in [3.8, 4) is 0 Å². The monoisotopic (exact) mass is 425 g/mol. The number of amides is 1. The number of rotatable bonds is 8. The Labute approximate surface area is 172 Å². The number of nitrogens with one attached hydrogen (secondary N) is 1. The molecule has 1 fully saturated rings. The number of aliphatic hydroxyl groups is 1. The highest BCUT2D eigenvalue weighted by Crippen LogP contribution is 2.39. The topological polar surface area (TPSA) is 83.8 Å². The molecule has 1 amide bonds. The summed E-state index contributed by atoms with van der Waals surface area (Å²) in [5.74, 6) is -0.552. The van der Waals surface area contributed by atoms with E-state index in [1.54, 1.807) is 6.92 Å². The summed E-state index contributed by atoms with van der Waals surface area (Å²) in [6.45, 7) is 1.41. The number of carbonyl (C=O) groups is 1. The van der Waals surface area contributed by atoms with E-state index in [4.69, 9.17) is 9.94 Å². The SMILES string of the molecule is C.CC(CO)O/N=C(/C(=O)Nc1ncc(F)s1)C1=CCC=C(SC2CC2)C=C1. The van der Waals surface area contributed by atoms with Crippen LogP contribution in [0.4, 0.5) is 9.52 Å². The zero-order valence-corrected chi connectivity index (χ0v) is 16.4. The molecule has 9 heteroatoms. The minimum atomic E-state index is -0.556. The Hall–Kier alpha value is -1.97. The summed E-state index contributed by atoms with van der Waals surface area (Å²) in [7, 11) is 0. The second-order valence-electron chi connectivity index (χ2n) is 6.11. The number of halogens is 1. The van der Waals surface area contributed by atoms with Gasteiger partial charge in [0.2, 0.25) is 0 Å². The Morgan fingerprint density at radius 3 is 2.93 bits per heavy atom. The first-order chi connectivity index (χ1) is 13.0. The normalized spacial score (nSPS) is 17.8. The van der Waals surface area contributed by atoms with E-state index in [2.05, 4.69) is 21.5 Å². The van der Waals surface area contributed by atoms with Crippen LogP contribution in [-0.4, -0.2) is 39.7 Å². The summed E-state index contributed by atoms with van der Waals surface area (Å²) >= 11 is 2.57. The molecule has 0 aromatic carbocycles. The fourth-order valence-corrected chi connectivity index (χ4v) is 3.76. The third kappa shape index (κ3) is 6.57. The zero-order chi connectivity index (χ0) is 19.2. The lowest BCUT2D eigenvalue weighted by Gasteiger charge is -2.10. The van der Waals surface area contributed by atoms with Crippen molar-refractivity contribution in [2.45, 2.75) is 45.0 Å². The Bertz CT molecular complexity index is 813. The number of carbonyl (C=O) groups excluding carboxylic acids is 1. The van der Waals surface area contributed by atoms with Gasteiger partial charge >= 0.3 is 0 Å². The number of hydrogen-bond donors (Lipinski definition) is 2. The van der Waals surface area contributed by atoms with Gasteiger partial charge in [0.15, 0.2) is 16.0 Å². The minimum Gasteiger partial charge on any atom is -0.392 e. The zero-order valence-electron chi connectivity index (χ0n) is 14.7. The predicted octanol–water partition coefficient (Wildman–Crippen LogP) is 4.28. The molecule has 152 valence electrons. The summed E-state index contributed by atoms with van der Waals surface area (Å²) in [4.78, 5) is 22.8. The average Bonchev–Trinajstić information content (AvgIpc) is 3.42. The highest BCUT2D eigenvalue weighted by molar-refractivity contribution is 8.04. The molecule has 0 bridgehead atoms. The number of hydrogen-bond acceptors (Lipinski definition) is 7. The molecule has 1 aromatic rings. The maximum Gasteiger partial charge on any atom is 0.280 e. The van der Waals surface area contributed by atoms with E-state index < -0.39 is 17.1 Å². The third-order valence-electron chi connectivity index (χ3n) is 3.68. The highest BCUT2D eigenvalue weighted by atomic mass is 32.2. The van der Waals surface area contributed by atoms with Gasteiger partial charge in [-0.2, -0.15) is 4.39 Å². The van der Waals surface area contributed by atoms with Crippen LogP contribution in [0.2, 0.25) is 0 Å². The van der Waals surface area contributed by atoms with E-state index >= 15 is 0 Å². The molecule has 1 atom stereocenters. The summed E-state index contributed by atoms with van der Waals surface area (Å²) < 4.78 is 13.1. The minimum absolute atomic E-state index is 0. The van der Waals surface area contributed by atoms with Gasteiger partial charge < -0.3 is 9.94 Å². The van der Waals surface area contributed by atoms with Crippen LogP contribution < -0.4 is 5.32 Å². The first kappa shape index (κ1) is 22.3. The molecule has 28 heavy (non-hydrogen) atoms. The second-order valence-corrected chi connectivity index (χ2v) is 8.47. The quantitative estimate of drug-likeness (QED) is 0.480. The van der Waals surface area contributed by atoms with Crippen LogP contribution in [0.25, 0.3) is 0 Å². The second kappa shape index (κ2) is 10.5. The third-order valence-corrected chi connectivity index (χ3v) is 5.76. The summed E-state index contributed by atoms with van der Waals surface area (Å²) in [5.41, 5.74) is 0.644. The summed E-state index contributed by atoms with van der Waals surface area (Å²) in [5, 5.41) is 15.9. The summed E-state index contributed by atoms with van der Waals surface area (Å²) in [6.07, 6.45) is 11.4. The van der Waals surface area contributed by atoms with Gasteiger partial charge in [0.05, 0.1) is 12.8 Å². The van der Waals surface area contributed by atoms with Gasteiger partial charge in [-0.3, -0.25) is 10.1 Å². The maximum absolute atomic E-state index is 13.1. The molecular formula is C19H24FN3O3S2. The van der Waals surface area contributed by atoms with Crippen LogP contribution in [0.1, 0.15) is 33.6 Å². The molecule has 1 aromatic heterocycles. The van der Waals surface area contributed by atoms with E-state index in [1.165, 1.54) is 12.8 Å². The van der Waals surface area contributed by atoms with Gasteiger partial charge in [-0.1, -0.05) is 42.1 Å². The van der Waals surface area contributed by atoms with Crippen molar-refractivity contribution in [1.29, 1.82) is 0 Å². The fourth-order valence-electron chi connectivity index (χ4n) is 2.12. The molecule has 0 spiro atoms. The van der Waals surface area contributed by atoms with Gasteiger partial charge in [-0.25, -0.2) is 4.98 Å². The maximum atomic E-state index is 13.1. The number of oxime groups is 1. The number of aliphatic hydroxyl groups excluding tert-OH is 1. The van der Waals surface area contributed by atoms with E-state index in [9.17, 15) is 9.18 Å². The molecule has 3 rings (SSSR count). The Morgan fingerprint density at radius 1 is 1.50 bits per heavy atom. The lowest BCUT2D eigenvalue weighted by Crippen LogP contribution is -2.25. The molecule has 1 heterocycles. The van der Waals surface area contributed by atoms with Gasteiger partial charge in [-0.05, 0) is 32.3 Å². The lowest BCUT2D eigenvalue weighted by molar-refractivity contribution is -0.110. The van der Waals surface area contributed by atoms with Crippen LogP contribution in [0.15, 0.2) is 46.1 Å². The smallest absolute Gasteiger partial charge is 0.280 e. The van der Waals surface area contributed by atoms with Gasteiger partial charge in [-0.15, -0.1) is 11.8 Å². The lowest BCUT2D eigenvalue weighted by atomic mass is 10.1. The van der Waals surface area contributed by atoms with Crippen molar-refractivity contribution in [2.24, 2.45) is 5.16 Å². The molecule has 1 saturated carbocycles. The molecule has 2 aliphatic rings. The number of anilines is 1. The van der Waals surface area contributed by atoms with Crippen molar-refractivity contribution < 1.29 is 19.1 Å². The van der Waals surface area contributed by atoms with Crippen LogP contribution in [-0.2, 0) is 9.63 Å². The van der Waals surface area contributed by atoms with Crippen molar-refractivity contribution in [3.05, 3.63) is 46.1 Å². The van der Waals surface area contributed by atoms with E-state index in [1.807, 2.05) is 30.0 Å². The molecule has 0 radical (unpaired) electrons. The standard InChI is InChI=1S/C18H20FN3O3S2.CH4/c1-11(10-23)25-22-16(17(24)21-18-20-9-15(19)27-18)12-3-2-4-13(6-5-12)26-14-7-8-14;/h3-6,9,11,14,23H,2,7-8,10H2,1H3,(H,20,21,24);1H4/b22-16+;. The molecular weight excluding hydrogens is 401 g/mol. The number of nitrogens with zero attached hydrogens (tertiary/aromatic N) is 2. The largest absolute Gasteiger partial charge is 0.392 e. The summed E-state index contributed by atoms with van der Waals surface area (Å²) in [6, 6.07) is 0. The first-order valence-corrected chi connectivity index (χ1v) is 10.3. The molecule has 1 unspecified atom stereocenters. The number of thioether (sulfide) groups is 1. The van der Waals surface area contributed by atoms with Crippen molar-refractivity contribution >= 4 is 39.8 Å². The Balaban J connectivity index is 0.00000280. The van der Waals surface area contributed by atoms with Gasteiger partial charge in [0.1, 0.15) is 6.10 Å². The Morgan fingerprint density at radius 2 is 2.29 bits per heavy atom. The number of allylic oxidation sites excluding steroid dienone is 4. The van der Waals surface area contributed by atoms with Crippen molar-refractivity contribution in [3.63, 3.8) is 0 Å². The molecule has 2 N–H and O–H groups in total. The van der Waals surface area contributed by atoms with Crippen molar-refractivity contribution in [1.82, 2.24) is 4.98 Å². The Kier molecular flexibility index (Phi) is 8.40. The van der Waals surface area contributed by atoms with Crippen LogP contribution >= 0.6 is 23.1 Å². The predicted molar refractivity (Wildman–Crippen MR) is 113 cm³/mol. The van der Waals surface area contributed by atoms with E-state index in [0.29, 0.717) is 17.2 Å².